The van der Waals surface area contributed by atoms with Gasteiger partial charge in [0.15, 0.2) is 0 Å². The number of benzene rings is 1. The van der Waals surface area contributed by atoms with Crippen molar-refractivity contribution in [2.45, 2.75) is 31.6 Å². The number of aromatic nitrogens is 2. The number of nitrogens with one attached hydrogen (secondary N) is 2. The molecule has 182 valence electrons. The zero-order valence-electron chi connectivity index (χ0n) is 18.0. The number of hydrogen-bond acceptors (Lipinski definition) is 9. The van der Waals surface area contributed by atoms with E-state index in [1.165, 1.54) is 34.8 Å². The molecule has 0 fully saturated rings. The molecule has 0 radical (unpaired) electrons. The summed E-state index contributed by atoms with van der Waals surface area (Å²) in [5, 5.41) is 5.26. The van der Waals surface area contributed by atoms with Crippen LogP contribution in [-0.2, 0) is 32.5 Å². The molecule has 1 aliphatic rings. The van der Waals surface area contributed by atoms with Gasteiger partial charge in [-0.25, -0.2) is 23.1 Å². The molecule has 9 nitrogen and oxygen atoms in total. The van der Waals surface area contributed by atoms with Crippen LogP contribution in [0.25, 0.3) is 4.91 Å². The summed E-state index contributed by atoms with van der Waals surface area (Å²) in [6.07, 6.45) is 3.43. The second kappa shape index (κ2) is 10.4. The number of nitrogens with zero attached hydrogens (tertiary/aromatic N) is 2. The maximum atomic E-state index is 13.0. The molecule has 3 heterocycles. The molecular weight excluding hydrogens is 537 g/mol. The number of aryl methyl sites for hydroxylation is 1. The average Bonchev–Trinajstić information content (AvgIpc) is 3.49. The predicted octanol–water partition coefficient (Wildman–Crippen LogP) is 4.00. The zero-order chi connectivity index (χ0) is 24.3. The Balaban J connectivity index is 1.57. The second-order valence-electron chi connectivity index (χ2n) is 7.55. The highest BCUT2D eigenvalue weighted by molar-refractivity contribution is 8.08. The van der Waals surface area contributed by atoms with Gasteiger partial charge in [-0.3, -0.25) is 9.27 Å². The molecule has 0 saturated carbocycles. The minimum absolute atomic E-state index is 0.198. The third-order valence-electron chi connectivity index (χ3n) is 4.76. The number of sulfonamides is 1. The first-order valence-electron chi connectivity index (χ1n) is 10.1. The van der Waals surface area contributed by atoms with E-state index < -0.39 is 26.4 Å². The first-order valence-corrected chi connectivity index (χ1v) is 15.9. The fraction of sp³-hybridized carbons (Fsp3) is 0.300. The molecule has 0 saturated heterocycles. The van der Waals surface area contributed by atoms with Gasteiger partial charge >= 0.3 is 10.3 Å². The second-order valence-corrected chi connectivity index (χ2v) is 13.5. The Labute approximate surface area is 210 Å². The average molecular weight is 559 g/mol. The van der Waals surface area contributed by atoms with Crippen LogP contribution in [0.4, 0.5) is 5.69 Å². The fourth-order valence-corrected chi connectivity index (χ4v) is 7.75. The van der Waals surface area contributed by atoms with Crippen molar-refractivity contribution in [2.75, 3.05) is 10.5 Å². The van der Waals surface area contributed by atoms with Gasteiger partial charge in [0.1, 0.15) is 10.8 Å². The Morgan fingerprint density at radius 1 is 1.09 bits per heavy atom. The van der Waals surface area contributed by atoms with Crippen molar-refractivity contribution in [3.63, 3.8) is 0 Å². The lowest BCUT2D eigenvalue weighted by atomic mass is 10.0. The summed E-state index contributed by atoms with van der Waals surface area (Å²) in [7, 11) is -8.09. The van der Waals surface area contributed by atoms with Gasteiger partial charge in [0.2, 0.25) is 10.0 Å². The lowest BCUT2D eigenvalue weighted by molar-refractivity contribution is 0.489. The van der Waals surface area contributed by atoms with Crippen molar-refractivity contribution in [1.82, 2.24) is 14.7 Å². The topological polar surface area (TPSA) is 138 Å². The molecule has 3 N–H and O–H groups in total. The monoisotopic (exact) mass is 558 g/mol. The summed E-state index contributed by atoms with van der Waals surface area (Å²) >= 11 is 4.61. The van der Waals surface area contributed by atoms with E-state index >= 15 is 0 Å². The predicted molar refractivity (Wildman–Crippen MR) is 138 cm³/mol. The Morgan fingerprint density at radius 2 is 1.85 bits per heavy atom. The van der Waals surface area contributed by atoms with Crippen molar-refractivity contribution >= 4 is 65.4 Å². The Morgan fingerprint density at radius 3 is 2.47 bits per heavy atom. The summed E-state index contributed by atoms with van der Waals surface area (Å²) in [5.74, 6) is 0.778. The van der Waals surface area contributed by atoms with Gasteiger partial charge in [0.25, 0.3) is 0 Å². The largest absolute Gasteiger partial charge is 0.357 e. The third-order valence-corrected chi connectivity index (χ3v) is 9.53. The first-order chi connectivity index (χ1) is 16.1. The summed E-state index contributed by atoms with van der Waals surface area (Å²) in [5.41, 5.74) is 2.07. The van der Waals surface area contributed by atoms with Crippen LogP contribution >= 0.6 is 34.4 Å². The van der Waals surface area contributed by atoms with Crippen LogP contribution < -0.4 is 9.44 Å². The minimum Gasteiger partial charge on any atom is -0.269 e. The molecule has 2 aromatic heterocycles. The molecule has 1 aliphatic heterocycles. The van der Waals surface area contributed by atoms with Crippen LogP contribution in [0.15, 0.2) is 41.1 Å². The van der Waals surface area contributed by atoms with E-state index in [1.54, 1.807) is 29.3 Å². The van der Waals surface area contributed by atoms with Crippen LogP contribution in [0, 0.1) is 6.92 Å². The number of thioether (sulfide) groups is 1. The van der Waals surface area contributed by atoms with Crippen LogP contribution in [0.1, 0.15) is 39.4 Å². The van der Waals surface area contributed by atoms with Gasteiger partial charge in [-0.1, -0.05) is 18.2 Å². The number of hydrogen-bond donors (Lipinski definition) is 3. The van der Waals surface area contributed by atoms with E-state index in [4.69, 9.17) is 9.54 Å². The van der Waals surface area contributed by atoms with Crippen molar-refractivity contribution in [1.29, 1.82) is 0 Å². The maximum absolute atomic E-state index is 13.0. The summed E-state index contributed by atoms with van der Waals surface area (Å²) in [6, 6.07) is 5.71. The van der Waals surface area contributed by atoms with Gasteiger partial charge in [-0.2, -0.15) is 8.42 Å². The van der Waals surface area contributed by atoms with Crippen molar-refractivity contribution in [3.8, 4) is 0 Å². The molecule has 3 aromatic rings. The van der Waals surface area contributed by atoms with Gasteiger partial charge in [0, 0.05) is 21.4 Å². The molecule has 0 bridgehead atoms. The smallest absolute Gasteiger partial charge is 0.269 e. The highest BCUT2D eigenvalue weighted by atomic mass is 32.2. The minimum atomic E-state index is -4.38. The molecule has 4 rings (SSSR count). The Bertz CT molecular complexity index is 1390. The first kappa shape index (κ1) is 25.3. The number of anilines is 1. The van der Waals surface area contributed by atoms with Gasteiger partial charge in [-0.15, -0.1) is 34.4 Å². The fourth-order valence-electron chi connectivity index (χ4n) is 3.35. The number of thiazole rings is 2. The molecule has 34 heavy (non-hydrogen) atoms. The van der Waals surface area contributed by atoms with E-state index in [0.717, 1.165) is 32.7 Å². The van der Waals surface area contributed by atoms with Crippen LogP contribution in [0.2, 0.25) is 0 Å². The highest BCUT2D eigenvalue weighted by Gasteiger charge is 2.24. The molecule has 0 spiro atoms. The maximum Gasteiger partial charge on any atom is 0.357 e. The molecular formula is C20H22N4O5S5. The highest BCUT2D eigenvalue weighted by Crippen LogP contribution is 2.36. The van der Waals surface area contributed by atoms with E-state index in [1.807, 2.05) is 17.0 Å². The van der Waals surface area contributed by atoms with Crippen molar-refractivity contribution in [3.05, 3.63) is 68.1 Å². The summed E-state index contributed by atoms with van der Waals surface area (Å²) in [6.45, 7) is 1.82. The Kier molecular flexibility index (Phi) is 7.76. The van der Waals surface area contributed by atoms with Crippen molar-refractivity contribution in [2.24, 2.45) is 0 Å². The zero-order valence-corrected chi connectivity index (χ0v) is 22.0. The molecule has 0 amide bonds. The van der Waals surface area contributed by atoms with E-state index in [0.29, 0.717) is 17.8 Å². The summed E-state index contributed by atoms with van der Waals surface area (Å²) in [4.78, 5) is 10.1. The molecule has 0 unspecified atom stereocenters. The number of rotatable bonds is 10. The van der Waals surface area contributed by atoms with Crippen molar-refractivity contribution < 1.29 is 21.4 Å². The van der Waals surface area contributed by atoms with Gasteiger partial charge in [0.05, 0.1) is 28.1 Å². The molecule has 1 aromatic carbocycles. The Hall–Kier alpha value is -1.81. The standard InChI is InChI=1S/C20H22N4O5S5/c1-13-21-16(10-31-13)12-33(25,26)24-17(18-11-32-20(22-18)19-3-2-8-30-19)9-14-4-6-15(7-5-14)23-34(27,28)29/h3-7,10-11,17,23-24H,2,8-9,12H2,1H3,(H,27,28,29)/t17-/m0/s1. The molecule has 0 aliphatic carbocycles. The number of allylic oxidation sites excluding steroid dienone is 1. The lowest BCUT2D eigenvalue weighted by Crippen LogP contribution is -2.31. The SMILES string of the molecule is Cc1nc(CS(=O)(=O)N[C@@H](Cc2ccc(NS(=O)(=O)O)cc2)c2csc(C3=CCCS3)n2)cs1. The summed E-state index contributed by atoms with van der Waals surface area (Å²) < 4.78 is 61.7. The van der Waals surface area contributed by atoms with Crippen LogP contribution in [0.5, 0.6) is 0 Å². The molecule has 14 heteroatoms. The van der Waals surface area contributed by atoms with Gasteiger partial charge in [-0.05, 0) is 37.5 Å². The van der Waals surface area contributed by atoms with E-state index in [-0.39, 0.29) is 11.4 Å². The van der Waals surface area contributed by atoms with Gasteiger partial charge < -0.3 is 0 Å². The van der Waals surface area contributed by atoms with Crippen LogP contribution in [0.3, 0.4) is 0 Å². The normalized spacial score (nSPS) is 15.3. The van der Waals surface area contributed by atoms with Crippen LogP contribution in [-0.4, -0.2) is 37.1 Å². The molecule has 1 atom stereocenters. The third kappa shape index (κ3) is 7.10. The van der Waals surface area contributed by atoms with E-state index in [2.05, 4.69) is 15.8 Å². The lowest BCUT2D eigenvalue weighted by Gasteiger charge is -2.17. The van der Waals surface area contributed by atoms with E-state index in [9.17, 15) is 16.8 Å². The quantitative estimate of drug-likeness (QED) is 0.317.